The van der Waals surface area contributed by atoms with Gasteiger partial charge in [-0.1, -0.05) is 6.07 Å². The molecule has 2 aliphatic rings. The maximum Gasteiger partial charge on any atom is 0.239 e. The molecule has 3 amide bonds. The number of amides is 3. The van der Waals surface area contributed by atoms with Crippen LogP contribution in [0, 0.1) is 5.92 Å². The summed E-state index contributed by atoms with van der Waals surface area (Å²) in [6.45, 7) is 4.05. The fraction of sp³-hybridized carbons (Fsp3) is 0.524. The molecular formula is C21H30N6O5. The Morgan fingerprint density at radius 2 is 2.22 bits per heavy atom. The number of guanidine groups is 1. The molecule has 32 heavy (non-hydrogen) atoms. The number of aliphatic imine (C=N–C) groups is 1. The van der Waals surface area contributed by atoms with E-state index in [9.17, 15) is 14.4 Å². The predicted molar refractivity (Wildman–Crippen MR) is 117 cm³/mol. The minimum Gasteiger partial charge on any atom is -0.493 e. The monoisotopic (exact) mass is 446 g/mol. The first-order chi connectivity index (χ1) is 15.4. The molecule has 0 spiro atoms. The molecule has 2 unspecified atom stereocenters. The number of likely N-dealkylation sites (N-methyl/N-ethyl adjacent to an activating group) is 1. The zero-order chi connectivity index (χ0) is 23.1. The fourth-order valence-corrected chi connectivity index (χ4v) is 3.64. The van der Waals surface area contributed by atoms with E-state index in [1.165, 1.54) is 6.92 Å². The third-order valence-corrected chi connectivity index (χ3v) is 5.31. The van der Waals surface area contributed by atoms with E-state index < -0.39 is 11.8 Å². The molecule has 0 aromatic heterocycles. The zero-order valence-corrected chi connectivity index (χ0v) is 18.3. The normalized spacial score (nSPS) is 18.8. The standard InChI is InChI=1S/C21H30N6O5/c1-13(28)25-21-26-17-9-15(4-3-14(17)11-27(21)12-19(29)23-2)31-7-5-16(20(22)30)18-10-24-6-8-32-18/h3-4,9,16,18,24H,5-8,10-12H2,1-2H3,(H2,22,30)(H,23,29)(H,25,26,28). The van der Waals surface area contributed by atoms with E-state index in [4.69, 9.17) is 15.2 Å². The SMILES string of the molecule is CNC(=O)CN1Cc2ccc(OCCC(C(N)=O)C3CNCCO3)cc2N=C1NC(C)=O. The van der Waals surface area contributed by atoms with Crippen LogP contribution in [0.1, 0.15) is 18.9 Å². The summed E-state index contributed by atoms with van der Waals surface area (Å²) >= 11 is 0. The van der Waals surface area contributed by atoms with Crippen molar-refractivity contribution in [3.05, 3.63) is 23.8 Å². The molecule has 1 aromatic rings. The lowest BCUT2D eigenvalue weighted by molar-refractivity contribution is -0.129. The van der Waals surface area contributed by atoms with Crippen molar-refractivity contribution in [3.63, 3.8) is 0 Å². The van der Waals surface area contributed by atoms with E-state index in [0.29, 0.717) is 43.5 Å². The van der Waals surface area contributed by atoms with Crippen molar-refractivity contribution in [3.8, 4) is 5.75 Å². The van der Waals surface area contributed by atoms with Gasteiger partial charge in [0, 0.05) is 39.7 Å². The van der Waals surface area contributed by atoms with Gasteiger partial charge in [-0.25, -0.2) is 4.99 Å². The van der Waals surface area contributed by atoms with Gasteiger partial charge in [0.2, 0.25) is 23.7 Å². The average molecular weight is 447 g/mol. The van der Waals surface area contributed by atoms with Gasteiger partial charge in [0.05, 0.1) is 37.5 Å². The molecule has 2 aliphatic heterocycles. The molecule has 1 aromatic carbocycles. The second-order valence-corrected chi connectivity index (χ2v) is 7.70. The van der Waals surface area contributed by atoms with Crippen molar-refractivity contribution in [1.29, 1.82) is 0 Å². The van der Waals surface area contributed by atoms with Gasteiger partial charge in [-0.3, -0.25) is 19.7 Å². The van der Waals surface area contributed by atoms with Gasteiger partial charge in [0.15, 0.2) is 0 Å². The van der Waals surface area contributed by atoms with Crippen LogP contribution < -0.4 is 26.4 Å². The van der Waals surface area contributed by atoms with E-state index in [1.807, 2.05) is 12.1 Å². The van der Waals surface area contributed by atoms with Crippen LogP contribution in [0.5, 0.6) is 5.75 Å². The van der Waals surface area contributed by atoms with Crippen molar-refractivity contribution in [2.75, 3.05) is 39.9 Å². The highest BCUT2D eigenvalue weighted by molar-refractivity contribution is 5.99. The summed E-state index contributed by atoms with van der Waals surface area (Å²) in [4.78, 5) is 41.5. The molecular weight excluding hydrogens is 416 g/mol. The minimum atomic E-state index is -0.442. The van der Waals surface area contributed by atoms with Crippen LogP contribution in [0.4, 0.5) is 5.69 Å². The maximum absolute atomic E-state index is 11.9. The number of ether oxygens (including phenoxy) is 2. The van der Waals surface area contributed by atoms with Crippen LogP contribution in [0.2, 0.25) is 0 Å². The second-order valence-electron chi connectivity index (χ2n) is 7.70. The molecule has 2 heterocycles. The summed E-state index contributed by atoms with van der Waals surface area (Å²) in [7, 11) is 1.55. The number of primary amides is 1. The summed E-state index contributed by atoms with van der Waals surface area (Å²) in [6.07, 6.45) is 0.170. The Morgan fingerprint density at radius 3 is 2.88 bits per heavy atom. The van der Waals surface area contributed by atoms with Crippen LogP contribution in [-0.4, -0.2) is 74.6 Å². The Kier molecular flexibility index (Phi) is 8.01. The number of morpholine rings is 1. The van der Waals surface area contributed by atoms with Crippen molar-refractivity contribution < 1.29 is 23.9 Å². The van der Waals surface area contributed by atoms with Gasteiger partial charge in [0.1, 0.15) is 5.75 Å². The molecule has 3 rings (SSSR count). The van der Waals surface area contributed by atoms with Crippen LogP contribution in [0.3, 0.4) is 0 Å². The summed E-state index contributed by atoms with van der Waals surface area (Å²) < 4.78 is 11.5. The van der Waals surface area contributed by atoms with Crippen molar-refractivity contribution in [1.82, 2.24) is 20.9 Å². The Bertz CT molecular complexity index is 883. The van der Waals surface area contributed by atoms with Crippen LogP contribution in [0.25, 0.3) is 0 Å². The lowest BCUT2D eigenvalue weighted by Crippen LogP contribution is -2.48. The van der Waals surface area contributed by atoms with Crippen LogP contribution >= 0.6 is 0 Å². The van der Waals surface area contributed by atoms with Gasteiger partial charge in [-0.2, -0.15) is 0 Å². The highest BCUT2D eigenvalue weighted by atomic mass is 16.5. The lowest BCUT2D eigenvalue weighted by Gasteiger charge is -2.30. The molecule has 0 radical (unpaired) electrons. The number of carbonyl (C=O) groups excluding carboxylic acids is 3. The number of benzene rings is 1. The number of hydrogen-bond acceptors (Lipinski definition) is 8. The average Bonchev–Trinajstić information content (AvgIpc) is 2.77. The molecule has 0 bridgehead atoms. The fourth-order valence-electron chi connectivity index (χ4n) is 3.64. The molecule has 11 nitrogen and oxygen atoms in total. The third-order valence-electron chi connectivity index (χ3n) is 5.31. The van der Waals surface area contributed by atoms with E-state index in [-0.39, 0.29) is 31.1 Å². The van der Waals surface area contributed by atoms with Crippen molar-refractivity contribution in [2.24, 2.45) is 16.6 Å². The van der Waals surface area contributed by atoms with E-state index in [0.717, 1.165) is 12.1 Å². The number of fused-ring (bicyclic) bond motifs is 1. The Balaban J connectivity index is 1.66. The Morgan fingerprint density at radius 1 is 1.41 bits per heavy atom. The predicted octanol–water partition coefficient (Wildman–Crippen LogP) is -0.769. The molecule has 2 atom stereocenters. The summed E-state index contributed by atoms with van der Waals surface area (Å²) in [5.74, 6) is -0.426. The van der Waals surface area contributed by atoms with Crippen molar-refractivity contribution >= 4 is 29.4 Å². The molecule has 1 fully saturated rings. The maximum atomic E-state index is 11.9. The second kappa shape index (κ2) is 10.9. The van der Waals surface area contributed by atoms with Gasteiger partial charge >= 0.3 is 0 Å². The molecule has 174 valence electrons. The van der Waals surface area contributed by atoms with Gasteiger partial charge < -0.3 is 30.7 Å². The van der Waals surface area contributed by atoms with E-state index in [1.54, 1.807) is 18.0 Å². The molecule has 0 aliphatic carbocycles. The Labute approximate surface area is 186 Å². The topological polar surface area (TPSA) is 147 Å². The highest BCUT2D eigenvalue weighted by Gasteiger charge is 2.29. The first-order valence-corrected chi connectivity index (χ1v) is 10.6. The van der Waals surface area contributed by atoms with Crippen molar-refractivity contribution in [2.45, 2.75) is 26.0 Å². The molecule has 11 heteroatoms. The zero-order valence-electron chi connectivity index (χ0n) is 18.3. The Hall–Kier alpha value is -3.18. The van der Waals surface area contributed by atoms with Crippen LogP contribution in [-0.2, 0) is 25.7 Å². The first-order valence-electron chi connectivity index (χ1n) is 10.6. The minimum absolute atomic E-state index is 0.0694. The number of nitrogens with two attached hydrogens (primary N) is 1. The number of hydrogen-bond donors (Lipinski definition) is 4. The molecule has 5 N–H and O–H groups in total. The number of nitrogens with one attached hydrogen (secondary N) is 3. The quantitative estimate of drug-likeness (QED) is 0.410. The number of rotatable bonds is 8. The summed E-state index contributed by atoms with van der Waals surface area (Å²) in [5.41, 5.74) is 7.10. The van der Waals surface area contributed by atoms with Crippen LogP contribution in [0.15, 0.2) is 23.2 Å². The third kappa shape index (κ3) is 6.17. The number of carbonyl (C=O) groups is 3. The smallest absolute Gasteiger partial charge is 0.239 e. The van der Waals surface area contributed by atoms with Gasteiger partial charge in [-0.05, 0) is 18.1 Å². The highest BCUT2D eigenvalue weighted by Crippen LogP contribution is 2.30. The molecule has 0 saturated carbocycles. The first kappa shape index (κ1) is 23.5. The van der Waals surface area contributed by atoms with E-state index >= 15 is 0 Å². The van der Waals surface area contributed by atoms with E-state index in [2.05, 4.69) is 20.9 Å². The largest absolute Gasteiger partial charge is 0.493 e. The number of nitrogens with zero attached hydrogens (tertiary/aromatic N) is 2. The lowest BCUT2D eigenvalue weighted by atomic mass is 9.97. The van der Waals surface area contributed by atoms with Gasteiger partial charge in [-0.15, -0.1) is 0 Å². The summed E-state index contributed by atoms with van der Waals surface area (Å²) in [6, 6.07) is 5.45. The molecule has 1 saturated heterocycles. The van der Waals surface area contributed by atoms with Gasteiger partial charge in [0.25, 0.3) is 0 Å². The summed E-state index contributed by atoms with van der Waals surface area (Å²) in [5, 5.41) is 8.44.